The maximum Gasteiger partial charge on any atom is 0.363 e. The third kappa shape index (κ3) is 5.68. The van der Waals surface area contributed by atoms with E-state index in [4.69, 9.17) is 14.2 Å². The number of rotatable bonds is 8. The molecule has 0 aromatic heterocycles. The fourth-order valence-electron chi connectivity index (χ4n) is 3.48. The highest BCUT2D eigenvalue weighted by Crippen LogP contribution is 2.36. The number of cyclic esters (lactones) is 1. The molecular weight excluding hydrogens is 563 g/mol. The smallest absolute Gasteiger partial charge is 0.363 e. The van der Waals surface area contributed by atoms with Gasteiger partial charge in [-0.3, -0.25) is 10.1 Å². The maximum atomic E-state index is 12.5. The molecule has 0 atom stereocenters. The molecule has 0 bridgehead atoms. The minimum absolute atomic E-state index is 0.00173. The van der Waals surface area contributed by atoms with Crippen LogP contribution in [0.25, 0.3) is 6.08 Å². The molecule has 1 aliphatic rings. The molecule has 4 rings (SSSR count). The summed E-state index contributed by atoms with van der Waals surface area (Å²) in [5.74, 6) is 0.753. The first-order valence-electron chi connectivity index (χ1n) is 10.8. The van der Waals surface area contributed by atoms with Gasteiger partial charge in [-0.25, -0.2) is 9.79 Å². The van der Waals surface area contributed by atoms with E-state index < -0.39 is 10.9 Å². The molecular formula is C26H21IN2O6. The number of halogens is 1. The van der Waals surface area contributed by atoms with Crippen molar-refractivity contribution in [2.75, 3.05) is 6.61 Å². The van der Waals surface area contributed by atoms with Gasteiger partial charge < -0.3 is 14.2 Å². The molecule has 35 heavy (non-hydrogen) atoms. The van der Waals surface area contributed by atoms with Gasteiger partial charge in [-0.15, -0.1) is 0 Å². The Labute approximate surface area is 215 Å². The third-order valence-corrected chi connectivity index (χ3v) is 5.94. The summed E-state index contributed by atoms with van der Waals surface area (Å²) in [4.78, 5) is 27.5. The standard InChI is InChI=1S/C26H21IN2O6/c1-3-33-23-14-18(13-22-26(30)35-25(28-22)20-10-5-4-7-16(20)2)12-21(27)24(23)34-15-17-8-6-9-19(11-17)29(31)32/h4-14H,3,15H2,1-2H3/b22-13-. The summed E-state index contributed by atoms with van der Waals surface area (Å²) in [6.45, 7) is 4.32. The van der Waals surface area contributed by atoms with Gasteiger partial charge >= 0.3 is 5.97 Å². The lowest BCUT2D eigenvalue weighted by Crippen LogP contribution is -2.06. The van der Waals surface area contributed by atoms with Crippen molar-refractivity contribution in [2.45, 2.75) is 20.5 Å². The van der Waals surface area contributed by atoms with E-state index in [2.05, 4.69) is 27.6 Å². The molecule has 1 heterocycles. The van der Waals surface area contributed by atoms with Gasteiger partial charge in [-0.2, -0.15) is 0 Å². The SMILES string of the molecule is CCOc1cc(/C=C2\N=C(c3ccccc3C)OC2=O)cc(I)c1OCc1cccc([N+](=O)[O-])c1. The van der Waals surface area contributed by atoms with E-state index in [0.29, 0.717) is 29.2 Å². The van der Waals surface area contributed by atoms with E-state index in [1.807, 2.05) is 44.2 Å². The fraction of sp³-hybridized carbons (Fsp3) is 0.154. The zero-order chi connectivity index (χ0) is 24.9. The van der Waals surface area contributed by atoms with E-state index in [-0.39, 0.29) is 23.9 Å². The summed E-state index contributed by atoms with van der Waals surface area (Å²) >= 11 is 2.13. The Hall–Kier alpha value is -3.73. The van der Waals surface area contributed by atoms with Crippen LogP contribution < -0.4 is 9.47 Å². The van der Waals surface area contributed by atoms with Crippen LogP contribution in [-0.4, -0.2) is 23.4 Å². The van der Waals surface area contributed by atoms with Crippen LogP contribution in [0.4, 0.5) is 5.69 Å². The van der Waals surface area contributed by atoms with Crippen molar-refractivity contribution in [3.8, 4) is 11.5 Å². The van der Waals surface area contributed by atoms with E-state index >= 15 is 0 Å². The molecule has 0 radical (unpaired) electrons. The van der Waals surface area contributed by atoms with E-state index in [1.54, 1.807) is 24.3 Å². The average molecular weight is 584 g/mol. The predicted molar refractivity (Wildman–Crippen MR) is 140 cm³/mol. The number of aryl methyl sites for hydroxylation is 1. The number of esters is 1. The molecule has 0 saturated carbocycles. The number of nitrogens with zero attached hydrogens (tertiary/aromatic N) is 2. The summed E-state index contributed by atoms with van der Waals surface area (Å²) in [5.41, 5.74) is 3.27. The summed E-state index contributed by atoms with van der Waals surface area (Å²) in [7, 11) is 0. The number of hydrogen-bond acceptors (Lipinski definition) is 7. The van der Waals surface area contributed by atoms with Gasteiger partial charge in [-0.1, -0.05) is 30.3 Å². The largest absolute Gasteiger partial charge is 0.490 e. The van der Waals surface area contributed by atoms with Crippen molar-refractivity contribution >= 4 is 46.2 Å². The number of nitro groups is 1. The van der Waals surface area contributed by atoms with Crippen molar-refractivity contribution in [1.82, 2.24) is 0 Å². The molecule has 3 aromatic rings. The quantitative estimate of drug-likeness (QED) is 0.109. The second kappa shape index (κ2) is 10.7. The lowest BCUT2D eigenvalue weighted by atomic mass is 10.1. The van der Waals surface area contributed by atoms with Crippen molar-refractivity contribution in [3.05, 3.63) is 102 Å². The second-order valence-corrected chi connectivity index (χ2v) is 8.79. The maximum absolute atomic E-state index is 12.5. The number of non-ortho nitro benzene ring substituents is 1. The van der Waals surface area contributed by atoms with Crippen molar-refractivity contribution in [3.63, 3.8) is 0 Å². The average Bonchev–Trinajstić information content (AvgIpc) is 3.19. The Morgan fingerprint density at radius 2 is 1.91 bits per heavy atom. The highest BCUT2D eigenvalue weighted by Gasteiger charge is 2.25. The van der Waals surface area contributed by atoms with Gasteiger partial charge in [0.25, 0.3) is 5.69 Å². The minimum atomic E-state index is -0.526. The minimum Gasteiger partial charge on any atom is -0.490 e. The molecule has 178 valence electrons. The van der Waals surface area contributed by atoms with Crippen LogP contribution in [0.15, 0.2) is 71.4 Å². The van der Waals surface area contributed by atoms with Gasteiger partial charge in [0, 0.05) is 17.7 Å². The number of carbonyl (C=O) groups excluding carboxylic acids is 1. The van der Waals surface area contributed by atoms with Crippen LogP contribution in [0.1, 0.15) is 29.2 Å². The number of aliphatic imine (C=N–C) groups is 1. The second-order valence-electron chi connectivity index (χ2n) is 7.63. The fourth-order valence-corrected chi connectivity index (χ4v) is 4.27. The number of carbonyl (C=O) groups is 1. The van der Waals surface area contributed by atoms with E-state index in [1.165, 1.54) is 12.1 Å². The molecule has 0 amide bonds. The normalized spacial score (nSPS) is 14.0. The summed E-state index contributed by atoms with van der Waals surface area (Å²) in [6, 6.07) is 17.4. The summed E-state index contributed by atoms with van der Waals surface area (Å²) < 4.78 is 17.9. The number of hydrogen-bond donors (Lipinski definition) is 0. The van der Waals surface area contributed by atoms with Gasteiger partial charge in [0.15, 0.2) is 17.2 Å². The van der Waals surface area contributed by atoms with Crippen molar-refractivity contribution < 1.29 is 23.9 Å². The van der Waals surface area contributed by atoms with E-state index in [0.717, 1.165) is 14.7 Å². The first-order valence-corrected chi connectivity index (χ1v) is 11.8. The molecule has 0 aliphatic carbocycles. The van der Waals surface area contributed by atoms with Gasteiger partial charge in [0.2, 0.25) is 5.90 Å². The Balaban J connectivity index is 1.61. The van der Waals surface area contributed by atoms with Gasteiger partial charge in [0.1, 0.15) is 6.61 Å². The van der Waals surface area contributed by atoms with E-state index in [9.17, 15) is 14.9 Å². The van der Waals surface area contributed by atoms with Crippen LogP contribution in [0.2, 0.25) is 0 Å². The molecule has 9 heteroatoms. The summed E-state index contributed by atoms with van der Waals surface area (Å²) in [5, 5.41) is 11.0. The molecule has 0 saturated heterocycles. The Morgan fingerprint density at radius 1 is 1.11 bits per heavy atom. The molecule has 8 nitrogen and oxygen atoms in total. The lowest BCUT2D eigenvalue weighted by Gasteiger charge is -2.15. The third-order valence-electron chi connectivity index (χ3n) is 5.14. The monoisotopic (exact) mass is 584 g/mol. The highest BCUT2D eigenvalue weighted by atomic mass is 127. The van der Waals surface area contributed by atoms with Gasteiger partial charge in [0.05, 0.1) is 15.1 Å². The predicted octanol–water partition coefficient (Wildman–Crippen LogP) is 5.83. The van der Waals surface area contributed by atoms with Crippen LogP contribution in [0, 0.1) is 20.6 Å². The first kappa shape index (κ1) is 24.4. The molecule has 0 unspecified atom stereocenters. The van der Waals surface area contributed by atoms with Gasteiger partial charge in [-0.05, 0) is 77.4 Å². The van der Waals surface area contributed by atoms with Crippen LogP contribution in [-0.2, 0) is 16.1 Å². The Bertz CT molecular complexity index is 1370. The zero-order valence-corrected chi connectivity index (χ0v) is 21.1. The van der Waals surface area contributed by atoms with Crippen LogP contribution in [0.3, 0.4) is 0 Å². The van der Waals surface area contributed by atoms with Crippen molar-refractivity contribution in [2.24, 2.45) is 4.99 Å². The van der Waals surface area contributed by atoms with Crippen LogP contribution >= 0.6 is 22.6 Å². The number of nitro benzene ring substituents is 1. The topological polar surface area (TPSA) is 100 Å². The molecule has 0 N–H and O–H groups in total. The molecule has 1 aliphatic heterocycles. The number of ether oxygens (including phenoxy) is 3. The molecule has 3 aromatic carbocycles. The molecule has 0 spiro atoms. The summed E-state index contributed by atoms with van der Waals surface area (Å²) in [6.07, 6.45) is 1.64. The van der Waals surface area contributed by atoms with Crippen molar-refractivity contribution in [1.29, 1.82) is 0 Å². The lowest BCUT2D eigenvalue weighted by molar-refractivity contribution is -0.384. The Kier molecular flexibility index (Phi) is 7.45. The highest BCUT2D eigenvalue weighted by molar-refractivity contribution is 14.1. The first-order chi connectivity index (χ1) is 16.9. The van der Waals surface area contributed by atoms with Crippen LogP contribution in [0.5, 0.6) is 11.5 Å². The Morgan fingerprint density at radius 3 is 2.66 bits per heavy atom. The molecule has 0 fully saturated rings. The zero-order valence-electron chi connectivity index (χ0n) is 19.0. The number of benzene rings is 3.